The normalized spacial score (nSPS) is 15.6. The molecule has 1 amide bonds. The summed E-state index contributed by atoms with van der Waals surface area (Å²) in [6.45, 7) is 0. The molecule has 154 valence electrons. The second-order valence-corrected chi connectivity index (χ2v) is 8.30. The maximum absolute atomic E-state index is 12.7. The van der Waals surface area contributed by atoms with Crippen molar-refractivity contribution in [1.29, 1.82) is 0 Å². The fourth-order valence-electron chi connectivity index (χ4n) is 3.90. The second-order valence-electron chi connectivity index (χ2n) is 7.21. The van der Waals surface area contributed by atoms with E-state index < -0.39 is 0 Å². The summed E-state index contributed by atoms with van der Waals surface area (Å²) in [4.78, 5) is 12.7. The molecule has 1 atom stereocenters. The molecule has 1 aliphatic heterocycles. The molecule has 0 fully saturated rings. The van der Waals surface area contributed by atoms with E-state index in [0.717, 1.165) is 33.8 Å². The number of aromatic nitrogens is 2. The summed E-state index contributed by atoms with van der Waals surface area (Å²) in [5, 5.41) is 7.99. The number of methoxy groups -OCH3 is 1. The molecule has 1 N–H and O–H groups in total. The Morgan fingerprint density at radius 2 is 1.65 bits per heavy atom. The number of nitrogens with one attached hydrogen (secondary N) is 1. The lowest BCUT2D eigenvalue weighted by Gasteiger charge is -2.19. The Kier molecular flexibility index (Phi) is 5.22. The summed E-state index contributed by atoms with van der Waals surface area (Å²) < 4.78 is 7.51. The molecule has 0 bridgehead atoms. The van der Waals surface area contributed by atoms with Gasteiger partial charge in [0.15, 0.2) is 0 Å². The summed E-state index contributed by atoms with van der Waals surface area (Å²) in [5.74, 6) is 1.81. The van der Waals surface area contributed by atoms with Crippen molar-refractivity contribution >= 4 is 23.5 Å². The predicted octanol–water partition coefficient (Wildman–Crippen LogP) is 5.32. The number of hydrogen-bond donors (Lipinski definition) is 1. The largest absolute Gasteiger partial charge is 0.496 e. The van der Waals surface area contributed by atoms with Gasteiger partial charge in [-0.2, -0.15) is 5.10 Å². The van der Waals surface area contributed by atoms with E-state index in [9.17, 15) is 4.79 Å². The first-order valence-corrected chi connectivity index (χ1v) is 11.1. The number of nitrogens with zero attached hydrogens (tertiary/aromatic N) is 2. The molecule has 1 aliphatic rings. The third kappa shape index (κ3) is 3.59. The van der Waals surface area contributed by atoms with Crippen LogP contribution in [0.15, 0.2) is 84.9 Å². The van der Waals surface area contributed by atoms with E-state index in [2.05, 4.69) is 23.5 Å². The Morgan fingerprint density at radius 3 is 2.39 bits per heavy atom. The van der Waals surface area contributed by atoms with Crippen molar-refractivity contribution in [3.63, 3.8) is 0 Å². The number of fused-ring (bicyclic) bond motifs is 1. The Hall–Kier alpha value is -3.51. The fraction of sp³-hybridized carbons (Fsp3) is 0.120. The van der Waals surface area contributed by atoms with Crippen LogP contribution in [-0.4, -0.2) is 28.6 Å². The first-order valence-electron chi connectivity index (χ1n) is 10.0. The number of amides is 1. The van der Waals surface area contributed by atoms with Crippen LogP contribution in [0.3, 0.4) is 0 Å². The predicted molar refractivity (Wildman–Crippen MR) is 125 cm³/mol. The minimum atomic E-state index is -0.113. The van der Waals surface area contributed by atoms with Crippen molar-refractivity contribution in [2.24, 2.45) is 0 Å². The van der Waals surface area contributed by atoms with E-state index in [-0.39, 0.29) is 11.2 Å². The maximum Gasteiger partial charge on any atom is 0.235 e. The van der Waals surface area contributed by atoms with Crippen LogP contribution in [0.1, 0.15) is 16.4 Å². The van der Waals surface area contributed by atoms with Crippen molar-refractivity contribution in [3.05, 3.63) is 96.1 Å². The lowest BCUT2D eigenvalue weighted by molar-refractivity contribution is -0.113. The van der Waals surface area contributed by atoms with Crippen LogP contribution in [0, 0.1) is 0 Å². The van der Waals surface area contributed by atoms with Gasteiger partial charge in [-0.25, -0.2) is 4.68 Å². The first kappa shape index (κ1) is 19.5. The molecule has 0 saturated heterocycles. The van der Waals surface area contributed by atoms with Gasteiger partial charge in [-0.1, -0.05) is 66.7 Å². The lowest BCUT2D eigenvalue weighted by atomic mass is 9.99. The van der Waals surface area contributed by atoms with E-state index in [4.69, 9.17) is 9.84 Å². The van der Waals surface area contributed by atoms with E-state index in [1.54, 1.807) is 18.9 Å². The molecule has 2 heterocycles. The molecule has 1 aromatic heterocycles. The summed E-state index contributed by atoms with van der Waals surface area (Å²) in [6.07, 6.45) is 0. The highest BCUT2D eigenvalue weighted by Crippen LogP contribution is 2.48. The van der Waals surface area contributed by atoms with Crippen molar-refractivity contribution in [1.82, 2.24) is 9.78 Å². The summed E-state index contributed by atoms with van der Waals surface area (Å²) in [6, 6.07) is 28.0. The molecule has 5 nitrogen and oxygen atoms in total. The SMILES string of the molecule is COc1ccccc1[C@@H]1SCC(=O)Nc2c1c(-c1ccccc1)nn2-c1ccccc1. The molecule has 5 rings (SSSR count). The highest BCUT2D eigenvalue weighted by atomic mass is 32.2. The van der Waals surface area contributed by atoms with E-state index in [0.29, 0.717) is 11.6 Å². The topological polar surface area (TPSA) is 56.1 Å². The second kappa shape index (κ2) is 8.32. The molecule has 3 aromatic carbocycles. The van der Waals surface area contributed by atoms with Gasteiger partial charge in [0.2, 0.25) is 5.91 Å². The number of carbonyl (C=O) groups is 1. The number of benzene rings is 3. The Balaban J connectivity index is 1.81. The average Bonchev–Trinajstić information content (AvgIpc) is 3.10. The summed E-state index contributed by atoms with van der Waals surface area (Å²) in [7, 11) is 1.68. The Bertz CT molecular complexity index is 1220. The quantitative estimate of drug-likeness (QED) is 0.479. The number of carbonyl (C=O) groups excluding carboxylic acids is 1. The van der Waals surface area contributed by atoms with Gasteiger partial charge in [-0.15, -0.1) is 11.8 Å². The third-order valence-corrected chi connectivity index (χ3v) is 6.54. The minimum absolute atomic E-state index is 0.0414. The zero-order valence-electron chi connectivity index (χ0n) is 17.0. The number of hydrogen-bond acceptors (Lipinski definition) is 4. The number of anilines is 1. The van der Waals surface area contributed by atoms with E-state index in [1.165, 1.54) is 0 Å². The van der Waals surface area contributed by atoms with Gasteiger partial charge in [0.1, 0.15) is 11.6 Å². The third-order valence-electron chi connectivity index (χ3n) is 5.29. The van der Waals surface area contributed by atoms with Crippen LogP contribution in [0.25, 0.3) is 16.9 Å². The first-order chi connectivity index (χ1) is 15.3. The highest BCUT2D eigenvalue weighted by molar-refractivity contribution is 8.00. The van der Waals surface area contributed by atoms with E-state index in [1.807, 2.05) is 71.4 Å². The zero-order valence-corrected chi connectivity index (χ0v) is 17.8. The molecule has 0 aliphatic carbocycles. The van der Waals surface area contributed by atoms with Gasteiger partial charge in [0, 0.05) is 16.7 Å². The number of rotatable bonds is 4. The molecule has 0 radical (unpaired) electrons. The molecule has 4 aromatic rings. The summed E-state index contributed by atoms with van der Waals surface area (Å²) in [5.41, 5.74) is 4.76. The monoisotopic (exact) mass is 427 g/mol. The molecule has 0 spiro atoms. The van der Waals surface area contributed by atoms with Crippen molar-refractivity contribution in [2.75, 3.05) is 18.2 Å². The van der Waals surface area contributed by atoms with Gasteiger partial charge >= 0.3 is 0 Å². The van der Waals surface area contributed by atoms with E-state index >= 15 is 0 Å². The fourth-order valence-corrected chi connectivity index (χ4v) is 5.06. The molecule has 0 saturated carbocycles. The summed E-state index contributed by atoms with van der Waals surface area (Å²) >= 11 is 1.59. The zero-order chi connectivity index (χ0) is 21.2. The molecule has 0 unspecified atom stereocenters. The van der Waals surface area contributed by atoms with Crippen molar-refractivity contribution < 1.29 is 9.53 Å². The van der Waals surface area contributed by atoms with Gasteiger partial charge in [-0.3, -0.25) is 4.79 Å². The van der Waals surface area contributed by atoms with Gasteiger partial charge in [-0.05, 0) is 18.2 Å². The lowest BCUT2D eigenvalue weighted by Crippen LogP contribution is -2.15. The van der Waals surface area contributed by atoms with Crippen LogP contribution in [0.2, 0.25) is 0 Å². The van der Waals surface area contributed by atoms with Gasteiger partial charge in [0.05, 0.1) is 29.5 Å². The molecular weight excluding hydrogens is 406 g/mol. The molecule has 6 heteroatoms. The number of ether oxygens (including phenoxy) is 1. The number of para-hydroxylation sites is 2. The van der Waals surface area contributed by atoms with Crippen LogP contribution in [-0.2, 0) is 4.79 Å². The van der Waals surface area contributed by atoms with Crippen LogP contribution >= 0.6 is 11.8 Å². The minimum Gasteiger partial charge on any atom is -0.496 e. The standard InChI is InChI=1S/C25H21N3O2S/c1-30-20-15-9-8-14-19(20)24-22-23(17-10-4-2-5-11-17)27-28(18-12-6-3-7-13-18)25(22)26-21(29)16-31-24/h2-15,24H,16H2,1H3,(H,26,29)/t24-/m0/s1. The number of thioether (sulfide) groups is 1. The van der Waals surface area contributed by atoms with Crippen LogP contribution in [0.5, 0.6) is 5.75 Å². The Labute approximate surface area is 185 Å². The van der Waals surface area contributed by atoms with Crippen LogP contribution < -0.4 is 10.1 Å². The van der Waals surface area contributed by atoms with Crippen LogP contribution in [0.4, 0.5) is 5.82 Å². The highest BCUT2D eigenvalue weighted by Gasteiger charge is 2.33. The average molecular weight is 428 g/mol. The van der Waals surface area contributed by atoms with Crippen molar-refractivity contribution in [3.8, 4) is 22.7 Å². The Morgan fingerprint density at radius 1 is 0.968 bits per heavy atom. The van der Waals surface area contributed by atoms with Gasteiger partial charge < -0.3 is 10.1 Å². The smallest absolute Gasteiger partial charge is 0.235 e. The molecule has 31 heavy (non-hydrogen) atoms. The maximum atomic E-state index is 12.7. The molecular formula is C25H21N3O2S. The van der Waals surface area contributed by atoms with Gasteiger partial charge in [0.25, 0.3) is 0 Å². The van der Waals surface area contributed by atoms with Crippen molar-refractivity contribution in [2.45, 2.75) is 5.25 Å².